The molecule has 0 spiro atoms. The predicted molar refractivity (Wildman–Crippen MR) is 77.3 cm³/mol. The predicted octanol–water partition coefficient (Wildman–Crippen LogP) is 2.58. The van der Waals surface area contributed by atoms with Crippen LogP contribution in [0, 0.1) is 3.77 Å². The SMILES string of the molecule is O=C(Cc1ccccc1)NN=Cc1ccc(I)o1. The molecule has 0 bridgehead atoms. The quantitative estimate of drug-likeness (QED) is 0.521. The Bertz CT molecular complexity index is 549. The van der Waals surface area contributed by atoms with Crippen LogP contribution >= 0.6 is 22.6 Å². The molecular formula is C13H11IN2O2. The molecule has 0 atom stereocenters. The summed E-state index contributed by atoms with van der Waals surface area (Å²) in [5.41, 5.74) is 3.41. The number of hydrazone groups is 1. The number of furan rings is 1. The van der Waals surface area contributed by atoms with Crippen LogP contribution < -0.4 is 5.43 Å². The van der Waals surface area contributed by atoms with Gasteiger partial charge in [0.25, 0.3) is 0 Å². The molecule has 0 unspecified atom stereocenters. The summed E-state index contributed by atoms with van der Waals surface area (Å²) >= 11 is 2.07. The van der Waals surface area contributed by atoms with E-state index in [1.165, 1.54) is 6.21 Å². The van der Waals surface area contributed by atoms with Crippen molar-refractivity contribution in [2.75, 3.05) is 0 Å². The first-order chi connectivity index (χ1) is 8.74. The molecule has 0 aliphatic heterocycles. The van der Waals surface area contributed by atoms with E-state index >= 15 is 0 Å². The molecule has 2 aromatic rings. The minimum atomic E-state index is -0.154. The van der Waals surface area contributed by atoms with E-state index in [2.05, 4.69) is 33.1 Å². The number of carbonyl (C=O) groups is 1. The molecule has 0 fully saturated rings. The van der Waals surface area contributed by atoms with Crippen LogP contribution in [0.2, 0.25) is 0 Å². The number of carbonyl (C=O) groups excluding carboxylic acids is 1. The molecule has 1 heterocycles. The third kappa shape index (κ3) is 3.99. The molecule has 18 heavy (non-hydrogen) atoms. The molecule has 2 rings (SSSR count). The average Bonchev–Trinajstić information content (AvgIpc) is 2.76. The second-order valence-electron chi connectivity index (χ2n) is 3.60. The highest BCUT2D eigenvalue weighted by Gasteiger charge is 2.01. The Morgan fingerprint density at radius 2 is 2.06 bits per heavy atom. The number of nitrogens with zero attached hydrogens (tertiary/aromatic N) is 1. The van der Waals surface area contributed by atoms with Gasteiger partial charge in [0, 0.05) is 0 Å². The Hall–Kier alpha value is -1.63. The summed E-state index contributed by atoms with van der Waals surface area (Å²) in [7, 11) is 0. The van der Waals surface area contributed by atoms with Crippen LogP contribution in [0.15, 0.2) is 52.0 Å². The molecule has 1 amide bonds. The Morgan fingerprint density at radius 1 is 1.28 bits per heavy atom. The van der Waals surface area contributed by atoms with Crippen molar-refractivity contribution in [3.8, 4) is 0 Å². The highest BCUT2D eigenvalue weighted by Crippen LogP contribution is 2.07. The third-order valence-electron chi connectivity index (χ3n) is 2.18. The van der Waals surface area contributed by atoms with E-state index < -0.39 is 0 Å². The molecule has 0 saturated carbocycles. The smallest absolute Gasteiger partial charge is 0.244 e. The molecule has 1 N–H and O–H groups in total. The highest BCUT2D eigenvalue weighted by atomic mass is 127. The zero-order valence-electron chi connectivity index (χ0n) is 9.47. The number of amides is 1. The number of benzene rings is 1. The molecule has 1 aromatic carbocycles. The van der Waals surface area contributed by atoms with Crippen molar-refractivity contribution in [3.05, 3.63) is 57.6 Å². The molecule has 0 aliphatic carbocycles. The summed E-state index contributed by atoms with van der Waals surface area (Å²) in [6.07, 6.45) is 1.79. The number of hydrogen-bond acceptors (Lipinski definition) is 3. The van der Waals surface area contributed by atoms with Crippen molar-refractivity contribution in [1.29, 1.82) is 0 Å². The maximum Gasteiger partial charge on any atom is 0.244 e. The van der Waals surface area contributed by atoms with Crippen molar-refractivity contribution in [3.63, 3.8) is 0 Å². The lowest BCUT2D eigenvalue weighted by Gasteiger charge is -1.99. The van der Waals surface area contributed by atoms with E-state index in [1.54, 1.807) is 6.07 Å². The molecule has 1 aromatic heterocycles. The van der Waals surface area contributed by atoms with Gasteiger partial charge in [-0.15, -0.1) is 0 Å². The van der Waals surface area contributed by atoms with Crippen molar-refractivity contribution in [2.24, 2.45) is 5.10 Å². The lowest BCUT2D eigenvalue weighted by atomic mass is 10.1. The van der Waals surface area contributed by atoms with Gasteiger partial charge in [-0.05, 0) is 40.3 Å². The second-order valence-corrected chi connectivity index (χ2v) is 4.66. The summed E-state index contributed by atoms with van der Waals surface area (Å²) in [6.45, 7) is 0. The van der Waals surface area contributed by atoms with Crippen LogP contribution in [0.1, 0.15) is 11.3 Å². The largest absolute Gasteiger partial charge is 0.449 e. The molecule has 4 nitrogen and oxygen atoms in total. The Kier molecular flexibility index (Phi) is 4.52. The molecule has 92 valence electrons. The highest BCUT2D eigenvalue weighted by molar-refractivity contribution is 14.1. The monoisotopic (exact) mass is 354 g/mol. The van der Waals surface area contributed by atoms with E-state index in [-0.39, 0.29) is 5.91 Å². The lowest BCUT2D eigenvalue weighted by molar-refractivity contribution is -0.120. The van der Waals surface area contributed by atoms with Crippen LogP contribution in [0.25, 0.3) is 0 Å². The first kappa shape index (κ1) is 12.8. The van der Waals surface area contributed by atoms with E-state index in [1.807, 2.05) is 36.4 Å². The Morgan fingerprint density at radius 3 is 2.72 bits per heavy atom. The minimum absolute atomic E-state index is 0.154. The number of halogens is 1. The van der Waals surface area contributed by atoms with Crippen molar-refractivity contribution in [1.82, 2.24) is 5.43 Å². The zero-order chi connectivity index (χ0) is 12.8. The summed E-state index contributed by atoms with van der Waals surface area (Å²) in [5, 5.41) is 3.83. The Balaban J connectivity index is 1.83. The first-order valence-electron chi connectivity index (χ1n) is 5.35. The molecule has 0 aliphatic rings. The maximum atomic E-state index is 11.6. The van der Waals surface area contributed by atoms with Crippen molar-refractivity contribution >= 4 is 34.7 Å². The van der Waals surface area contributed by atoms with Gasteiger partial charge < -0.3 is 4.42 Å². The number of hydrogen-bond donors (Lipinski definition) is 1. The van der Waals surface area contributed by atoms with Crippen LogP contribution in [0.3, 0.4) is 0 Å². The van der Waals surface area contributed by atoms with Gasteiger partial charge in [-0.3, -0.25) is 4.79 Å². The van der Waals surface area contributed by atoms with E-state index in [9.17, 15) is 4.79 Å². The van der Waals surface area contributed by atoms with Gasteiger partial charge in [-0.2, -0.15) is 5.10 Å². The maximum absolute atomic E-state index is 11.6. The summed E-state index contributed by atoms with van der Waals surface area (Å²) in [4.78, 5) is 11.6. The topological polar surface area (TPSA) is 54.6 Å². The Labute approximate surface area is 118 Å². The van der Waals surface area contributed by atoms with Crippen molar-refractivity contribution in [2.45, 2.75) is 6.42 Å². The first-order valence-corrected chi connectivity index (χ1v) is 6.43. The van der Waals surface area contributed by atoms with E-state index in [0.29, 0.717) is 12.2 Å². The van der Waals surface area contributed by atoms with Gasteiger partial charge in [-0.25, -0.2) is 5.43 Å². The standard InChI is InChI=1S/C13H11IN2O2/c14-12-7-6-11(18-12)9-15-16-13(17)8-10-4-2-1-3-5-10/h1-7,9H,8H2,(H,16,17). The normalized spacial score (nSPS) is 10.7. The van der Waals surface area contributed by atoms with Gasteiger partial charge in [0.05, 0.1) is 12.6 Å². The van der Waals surface area contributed by atoms with E-state index in [4.69, 9.17) is 4.42 Å². The van der Waals surface area contributed by atoms with Crippen LogP contribution in [-0.2, 0) is 11.2 Å². The van der Waals surface area contributed by atoms with Crippen LogP contribution in [-0.4, -0.2) is 12.1 Å². The zero-order valence-corrected chi connectivity index (χ0v) is 11.6. The van der Waals surface area contributed by atoms with Gasteiger partial charge in [-0.1, -0.05) is 30.3 Å². The lowest BCUT2D eigenvalue weighted by Crippen LogP contribution is -2.19. The van der Waals surface area contributed by atoms with Crippen molar-refractivity contribution < 1.29 is 9.21 Å². The van der Waals surface area contributed by atoms with Gasteiger partial charge >= 0.3 is 0 Å². The fraction of sp³-hybridized carbons (Fsp3) is 0.0769. The van der Waals surface area contributed by atoms with Gasteiger partial charge in [0.1, 0.15) is 5.76 Å². The summed E-state index contributed by atoms with van der Waals surface area (Å²) < 4.78 is 6.05. The van der Waals surface area contributed by atoms with Crippen LogP contribution in [0.4, 0.5) is 0 Å². The molecular weight excluding hydrogens is 343 g/mol. The third-order valence-corrected chi connectivity index (χ3v) is 2.76. The minimum Gasteiger partial charge on any atom is -0.449 e. The van der Waals surface area contributed by atoms with Crippen LogP contribution in [0.5, 0.6) is 0 Å². The van der Waals surface area contributed by atoms with E-state index in [0.717, 1.165) is 9.33 Å². The number of rotatable bonds is 4. The van der Waals surface area contributed by atoms with Gasteiger partial charge in [0.2, 0.25) is 5.91 Å². The summed E-state index contributed by atoms with van der Waals surface area (Å²) in [5.74, 6) is 0.457. The number of nitrogens with one attached hydrogen (secondary N) is 1. The fourth-order valence-electron chi connectivity index (χ4n) is 1.39. The molecule has 0 radical (unpaired) electrons. The fourth-order valence-corrected chi connectivity index (χ4v) is 1.82. The molecule has 5 heteroatoms. The average molecular weight is 354 g/mol. The summed E-state index contributed by atoms with van der Waals surface area (Å²) in [6, 6.07) is 13.1. The second kappa shape index (κ2) is 6.34. The van der Waals surface area contributed by atoms with Gasteiger partial charge in [0.15, 0.2) is 3.77 Å². The molecule has 0 saturated heterocycles.